The zero-order chi connectivity index (χ0) is 18.1. The van der Waals surface area contributed by atoms with Gasteiger partial charge in [0, 0.05) is 17.8 Å². The maximum absolute atomic E-state index is 13.3. The Kier molecular flexibility index (Phi) is 4.41. The summed E-state index contributed by atoms with van der Waals surface area (Å²) < 4.78 is 13.3. The van der Waals surface area contributed by atoms with Gasteiger partial charge < -0.3 is 16.4 Å². The quantitative estimate of drug-likeness (QED) is 0.783. The third kappa shape index (κ3) is 3.46. The molecule has 2 aromatic carbocycles. The van der Waals surface area contributed by atoms with Crippen molar-refractivity contribution in [2.24, 2.45) is 5.73 Å². The van der Waals surface area contributed by atoms with E-state index in [-0.39, 0.29) is 28.6 Å². The van der Waals surface area contributed by atoms with E-state index in [9.17, 15) is 18.8 Å². The lowest BCUT2D eigenvalue weighted by Gasteiger charge is -2.25. The molecule has 6 nitrogen and oxygen atoms in total. The Hall–Kier alpha value is -2.93. The fourth-order valence-corrected chi connectivity index (χ4v) is 2.90. The van der Waals surface area contributed by atoms with Crippen molar-refractivity contribution in [1.29, 1.82) is 0 Å². The Bertz CT molecular complexity index is 901. The summed E-state index contributed by atoms with van der Waals surface area (Å²) in [6.45, 7) is 0. The maximum atomic E-state index is 13.3. The van der Waals surface area contributed by atoms with Crippen LogP contribution in [0.2, 0.25) is 5.02 Å². The number of amides is 3. The number of fused-ring (bicyclic) bond motifs is 1. The van der Waals surface area contributed by atoms with Crippen molar-refractivity contribution in [2.45, 2.75) is 12.3 Å². The molecule has 0 saturated carbocycles. The van der Waals surface area contributed by atoms with Crippen LogP contribution in [0, 0.1) is 5.82 Å². The van der Waals surface area contributed by atoms with Crippen molar-refractivity contribution in [3.8, 4) is 0 Å². The van der Waals surface area contributed by atoms with Gasteiger partial charge in [0.15, 0.2) is 0 Å². The number of nitrogens with two attached hydrogens (primary N) is 1. The first-order valence-corrected chi connectivity index (χ1v) is 7.72. The van der Waals surface area contributed by atoms with Gasteiger partial charge in [0.25, 0.3) is 0 Å². The fourth-order valence-electron chi connectivity index (χ4n) is 2.69. The summed E-state index contributed by atoms with van der Waals surface area (Å²) in [5.41, 5.74) is 6.40. The standard InChI is InChI=1S/C17H13ClFN3O3/c18-13-4-2-9(6-12(13)16(20)24)21-17(25)11-7-15(23)22-14-5-8(19)1-3-10(11)14/h1-6,11H,7H2,(H2,20,24)(H,21,25)(H,22,23). The average molecular weight is 362 g/mol. The molecule has 1 atom stereocenters. The predicted octanol–water partition coefficient (Wildman–Crippen LogP) is 2.64. The highest BCUT2D eigenvalue weighted by molar-refractivity contribution is 6.34. The normalized spacial score (nSPS) is 15.9. The number of primary amides is 1. The molecule has 1 unspecified atom stereocenters. The minimum Gasteiger partial charge on any atom is -0.366 e. The highest BCUT2D eigenvalue weighted by Gasteiger charge is 2.31. The smallest absolute Gasteiger partial charge is 0.250 e. The maximum Gasteiger partial charge on any atom is 0.250 e. The van der Waals surface area contributed by atoms with Gasteiger partial charge in [-0.25, -0.2) is 4.39 Å². The number of benzene rings is 2. The highest BCUT2D eigenvalue weighted by Crippen LogP contribution is 2.33. The Balaban J connectivity index is 1.88. The third-order valence-corrected chi connectivity index (χ3v) is 4.20. The number of hydrogen-bond donors (Lipinski definition) is 3. The molecule has 8 heteroatoms. The van der Waals surface area contributed by atoms with Crippen LogP contribution in [0.25, 0.3) is 0 Å². The van der Waals surface area contributed by atoms with Crippen LogP contribution in [-0.2, 0) is 9.59 Å². The van der Waals surface area contributed by atoms with Gasteiger partial charge in [-0.1, -0.05) is 17.7 Å². The Morgan fingerprint density at radius 2 is 2.00 bits per heavy atom. The van der Waals surface area contributed by atoms with Gasteiger partial charge >= 0.3 is 0 Å². The lowest BCUT2D eigenvalue weighted by Crippen LogP contribution is -2.31. The second-order valence-corrected chi connectivity index (χ2v) is 5.99. The minimum atomic E-state index is -0.781. The van der Waals surface area contributed by atoms with Gasteiger partial charge in [-0.3, -0.25) is 14.4 Å². The zero-order valence-corrected chi connectivity index (χ0v) is 13.6. The van der Waals surface area contributed by atoms with Crippen molar-refractivity contribution in [2.75, 3.05) is 10.6 Å². The van der Waals surface area contributed by atoms with Crippen LogP contribution in [-0.4, -0.2) is 17.7 Å². The van der Waals surface area contributed by atoms with Gasteiger partial charge in [-0.2, -0.15) is 0 Å². The second-order valence-electron chi connectivity index (χ2n) is 5.58. The van der Waals surface area contributed by atoms with Crippen LogP contribution in [0.5, 0.6) is 0 Å². The summed E-state index contributed by atoms with van der Waals surface area (Å²) in [7, 11) is 0. The van der Waals surface area contributed by atoms with E-state index in [0.717, 1.165) is 0 Å². The Morgan fingerprint density at radius 1 is 1.24 bits per heavy atom. The number of anilines is 2. The molecule has 0 bridgehead atoms. The summed E-state index contributed by atoms with van der Waals surface area (Å²) >= 11 is 5.88. The second kappa shape index (κ2) is 6.52. The number of carbonyl (C=O) groups is 3. The monoisotopic (exact) mass is 361 g/mol. The molecule has 0 radical (unpaired) electrons. The van der Waals surface area contributed by atoms with Gasteiger partial charge in [-0.05, 0) is 35.9 Å². The van der Waals surface area contributed by atoms with Crippen LogP contribution in [0.15, 0.2) is 36.4 Å². The Labute approximate surface area is 147 Å². The SMILES string of the molecule is NC(=O)c1cc(NC(=O)C2CC(=O)Nc3cc(F)ccc32)ccc1Cl. The largest absolute Gasteiger partial charge is 0.366 e. The molecule has 0 aliphatic carbocycles. The van der Waals surface area contributed by atoms with Crippen LogP contribution < -0.4 is 16.4 Å². The first-order chi connectivity index (χ1) is 11.8. The first-order valence-electron chi connectivity index (χ1n) is 7.34. The van der Waals surface area contributed by atoms with E-state index in [4.69, 9.17) is 17.3 Å². The van der Waals surface area contributed by atoms with Gasteiger partial charge in [0.1, 0.15) is 5.82 Å². The lowest BCUT2D eigenvalue weighted by atomic mass is 9.89. The van der Waals surface area contributed by atoms with Crippen molar-refractivity contribution in [1.82, 2.24) is 0 Å². The van der Waals surface area contributed by atoms with Crippen molar-refractivity contribution < 1.29 is 18.8 Å². The van der Waals surface area contributed by atoms with Crippen LogP contribution in [0.4, 0.5) is 15.8 Å². The molecular weight excluding hydrogens is 349 g/mol. The predicted molar refractivity (Wildman–Crippen MR) is 91.0 cm³/mol. The molecular formula is C17H13ClFN3O3. The van der Waals surface area contributed by atoms with Crippen molar-refractivity contribution >= 4 is 40.7 Å². The summed E-state index contributed by atoms with van der Waals surface area (Å²) in [6.07, 6.45) is -0.0687. The number of halogens is 2. The van der Waals surface area contributed by atoms with E-state index in [0.29, 0.717) is 11.3 Å². The molecule has 0 spiro atoms. The zero-order valence-electron chi connectivity index (χ0n) is 12.8. The van der Waals surface area contributed by atoms with Crippen molar-refractivity contribution in [3.05, 3.63) is 58.4 Å². The molecule has 1 heterocycles. The average Bonchev–Trinajstić information content (AvgIpc) is 2.55. The number of carbonyl (C=O) groups excluding carboxylic acids is 3. The summed E-state index contributed by atoms with van der Waals surface area (Å²) in [4.78, 5) is 35.7. The van der Waals surface area contributed by atoms with E-state index in [1.807, 2.05) is 0 Å². The molecule has 1 aliphatic rings. The van der Waals surface area contributed by atoms with E-state index in [2.05, 4.69) is 10.6 Å². The van der Waals surface area contributed by atoms with E-state index >= 15 is 0 Å². The Morgan fingerprint density at radius 3 is 2.72 bits per heavy atom. The van der Waals surface area contributed by atoms with Crippen LogP contribution in [0.1, 0.15) is 28.3 Å². The molecule has 25 heavy (non-hydrogen) atoms. The molecule has 0 aromatic heterocycles. The summed E-state index contributed by atoms with van der Waals surface area (Å²) in [6, 6.07) is 8.17. The topological polar surface area (TPSA) is 101 Å². The van der Waals surface area contributed by atoms with Gasteiger partial charge in [0.05, 0.1) is 16.5 Å². The molecule has 3 amide bonds. The summed E-state index contributed by atoms with van der Waals surface area (Å²) in [5, 5.41) is 5.34. The minimum absolute atomic E-state index is 0.0687. The lowest BCUT2D eigenvalue weighted by molar-refractivity contribution is -0.123. The van der Waals surface area contributed by atoms with Gasteiger partial charge in [0.2, 0.25) is 17.7 Å². The highest BCUT2D eigenvalue weighted by atomic mass is 35.5. The molecule has 0 fully saturated rings. The first kappa shape index (κ1) is 16.9. The van der Waals surface area contributed by atoms with E-state index < -0.39 is 23.5 Å². The number of nitrogens with one attached hydrogen (secondary N) is 2. The third-order valence-electron chi connectivity index (χ3n) is 3.87. The van der Waals surface area contributed by atoms with E-state index in [1.54, 1.807) is 0 Å². The fraction of sp³-hybridized carbons (Fsp3) is 0.118. The molecule has 3 rings (SSSR count). The molecule has 128 valence electrons. The number of rotatable bonds is 3. The summed E-state index contributed by atoms with van der Waals surface area (Å²) in [5.74, 6) is -2.85. The van der Waals surface area contributed by atoms with Crippen molar-refractivity contribution in [3.63, 3.8) is 0 Å². The number of hydrogen-bond acceptors (Lipinski definition) is 3. The van der Waals surface area contributed by atoms with Gasteiger partial charge in [-0.15, -0.1) is 0 Å². The molecule has 1 aliphatic heterocycles. The van der Waals surface area contributed by atoms with E-state index in [1.165, 1.54) is 36.4 Å². The van der Waals surface area contributed by atoms with Crippen LogP contribution in [0.3, 0.4) is 0 Å². The molecule has 4 N–H and O–H groups in total. The molecule has 2 aromatic rings. The molecule has 0 saturated heterocycles. The van der Waals surface area contributed by atoms with Crippen LogP contribution >= 0.6 is 11.6 Å².